The van der Waals surface area contributed by atoms with E-state index in [0.29, 0.717) is 88.9 Å². The summed E-state index contributed by atoms with van der Waals surface area (Å²) >= 11 is 2.08. The fraction of sp³-hybridized carbons (Fsp3) is 0.346. The third-order valence-electron chi connectivity index (χ3n) is 20.6. The van der Waals surface area contributed by atoms with Crippen molar-refractivity contribution >= 4 is 122 Å². The standard InChI is InChI=1S/C29H31N7O6.C27H27N7O7S.C25H25N7O7S/c1-2-31-29(39)35-26-23-27(33-15-32-26)36(16-34-23)21-10-18(13-40-14-19-11-30-12-20(19)28(37)38)24-25(21)42-22(41-24)9-8-17-6-4-3-5-7-17;1-2-28-27(37)33-23-19-24(30-12-29-23)34(13-31-19)25-21-20(40-18(41-21)9-8-15-6-4-3-5-7-15)17(39-25)11-38-10-16-22(26(35)36)42-14-32-16;1-2-26-25(35)31-20-16-21(28-10-27-20)32(11-29-16)22-18-17(38-24(39-18)13-6-4-3-5-7-13)15(37-22)9-36-8-14-19(23(33)34)40-12-30-14/h3-9,11-12,15-16,18,21-22,24-25,30H,2,10,13-14H2,1H3,(H,37,38)(H2,31,32,33,35,39);3-9,12-14,17-18,20-21,25H,2,10-11H2,1H3,(H,35,36)(H2,28,29,30,33,37);3-7,10-12,15,17-18,22,24H,2,8-9H2,1H3,(H,33,34)(H2,26,27,28,31,35)/b2*9-8+;/t18?,21?,22-,24?,25?;17?,18-,20?,21?,25?;15?,17?,18?,22?,24-/m000/s1. The number of rotatable bonds is 29. The van der Waals surface area contributed by atoms with Crippen LogP contribution in [0.25, 0.3) is 45.6 Å². The van der Waals surface area contributed by atoms with Crippen LogP contribution in [0.5, 0.6) is 0 Å². The van der Waals surface area contributed by atoms with Gasteiger partial charge in [-0.3, -0.25) is 25.1 Å². The molecule has 14 heterocycles. The first-order valence-electron chi connectivity index (χ1n) is 39.4. The number of carbonyl (C=O) groups is 6. The van der Waals surface area contributed by atoms with E-state index < -0.39 is 97.9 Å². The quantitative estimate of drug-likeness (QED) is 0.0208. The summed E-state index contributed by atoms with van der Waals surface area (Å²) in [6.45, 7) is 7.53. The molecule has 5 aliphatic heterocycles. The number of hydrogen-bond donors (Lipinski definition) is 10. The summed E-state index contributed by atoms with van der Waals surface area (Å²) in [5.41, 5.74) is 9.94. The van der Waals surface area contributed by atoms with Gasteiger partial charge in [-0.2, -0.15) is 0 Å². The highest BCUT2D eigenvalue weighted by Gasteiger charge is 2.56. The highest BCUT2D eigenvalue weighted by molar-refractivity contribution is 7.12. The van der Waals surface area contributed by atoms with E-state index in [4.69, 9.17) is 52.1 Å². The number of carbonyl (C=O) groups excluding carboxylic acids is 3. The molecule has 9 aromatic heterocycles. The maximum absolute atomic E-state index is 12.1. The molecule has 43 heteroatoms. The average molecular weight is 1730 g/mol. The average Bonchev–Trinajstić information content (AvgIpc) is 1.60. The third kappa shape index (κ3) is 19.0. The van der Waals surface area contributed by atoms with Gasteiger partial charge < -0.3 is 92.9 Å². The number of aromatic carboxylic acids is 3. The zero-order chi connectivity index (χ0) is 85.7. The number of amides is 6. The predicted octanol–water partition coefficient (Wildman–Crippen LogP) is 9.37. The van der Waals surface area contributed by atoms with E-state index in [0.717, 1.165) is 39.4 Å². The SMILES string of the molecule is CCNC(=O)Nc1ncnc2c1ncn2C1CC(COCc2c[nH]cc2C(=O)O)C2O[C@H](/C=C/c3ccccc3)OC21.CCNC(=O)Nc1ncnc2c1ncn2C1OC(COCc2ncsc2C(=O)O)C2O[C@H](/C=C/c3ccccc3)OC21.CCNC(=O)Nc1ncnc2c1ncn2C1OC(COCc2ncsc2C(=O)O)C2O[C@H](c3ccccc3)OC21. The molecule has 10 N–H and O–H groups in total. The van der Waals surface area contributed by atoms with E-state index in [-0.39, 0.29) is 90.2 Å². The van der Waals surface area contributed by atoms with Crippen LogP contribution in [-0.2, 0) is 71.9 Å². The maximum atomic E-state index is 12.1. The molecule has 12 unspecified atom stereocenters. The van der Waals surface area contributed by atoms with Crippen LogP contribution in [0.4, 0.5) is 31.8 Å². The Morgan fingerprint density at radius 2 is 0.895 bits per heavy atom. The molecule has 6 aliphatic rings. The molecule has 6 fully saturated rings. The van der Waals surface area contributed by atoms with Crippen LogP contribution in [0.1, 0.15) is 115 Å². The second kappa shape index (κ2) is 39.1. The Morgan fingerprint density at radius 1 is 0.468 bits per heavy atom. The molecule has 3 aromatic carbocycles. The van der Waals surface area contributed by atoms with Gasteiger partial charge in [-0.15, -0.1) is 22.7 Å². The molecule has 0 spiro atoms. The third-order valence-corrected chi connectivity index (χ3v) is 22.3. The molecule has 6 amide bonds. The van der Waals surface area contributed by atoms with Crippen LogP contribution < -0.4 is 31.9 Å². The van der Waals surface area contributed by atoms with E-state index in [1.165, 1.54) is 36.2 Å². The number of fused-ring (bicyclic) bond motifs is 6. The molecule has 41 nitrogen and oxygen atoms in total. The lowest BCUT2D eigenvalue weighted by Gasteiger charge is -2.21. The van der Waals surface area contributed by atoms with E-state index in [1.54, 1.807) is 34.3 Å². The van der Waals surface area contributed by atoms with Crippen molar-refractivity contribution in [1.82, 2.24) is 89.5 Å². The second-order valence-corrected chi connectivity index (χ2v) is 30.2. The lowest BCUT2D eigenvalue weighted by molar-refractivity contribution is -0.158. The van der Waals surface area contributed by atoms with Crippen molar-refractivity contribution in [3.05, 3.63) is 213 Å². The van der Waals surface area contributed by atoms with Crippen LogP contribution in [0, 0.1) is 5.92 Å². The van der Waals surface area contributed by atoms with Crippen LogP contribution >= 0.6 is 22.7 Å². The molecule has 1 saturated carbocycles. The normalized spacial score (nSPS) is 23.5. The largest absolute Gasteiger partial charge is 0.478 e. The fourth-order valence-electron chi connectivity index (χ4n) is 15.1. The van der Waals surface area contributed by atoms with Gasteiger partial charge in [0, 0.05) is 49.1 Å². The van der Waals surface area contributed by atoms with Crippen molar-refractivity contribution in [3.8, 4) is 0 Å². The van der Waals surface area contributed by atoms with Gasteiger partial charge in [-0.1, -0.05) is 103 Å². The number of nitrogens with zero attached hydrogens (tertiary/aromatic N) is 14. The minimum Gasteiger partial charge on any atom is -0.478 e. The number of anilines is 3. The predicted molar refractivity (Wildman–Crippen MR) is 441 cm³/mol. The number of nitrogens with one attached hydrogen (secondary N) is 7. The van der Waals surface area contributed by atoms with E-state index in [9.17, 15) is 44.1 Å². The Kier molecular flexibility index (Phi) is 26.7. The Bertz CT molecular complexity index is 5560. The molecule has 0 bridgehead atoms. The van der Waals surface area contributed by atoms with E-state index in [2.05, 4.69) is 91.7 Å². The Labute approximate surface area is 711 Å². The Balaban J connectivity index is 0.000000138. The van der Waals surface area contributed by atoms with Gasteiger partial charge in [0.1, 0.15) is 71.5 Å². The van der Waals surface area contributed by atoms with Crippen LogP contribution in [0.3, 0.4) is 0 Å². The number of aromatic nitrogens is 15. The lowest BCUT2D eigenvalue weighted by Crippen LogP contribution is -2.32. The molecule has 15 atom stereocenters. The van der Waals surface area contributed by atoms with Gasteiger partial charge in [-0.25, -0.2) is 83.6 Å². The second-order valence-electron chi connectivity index (χ2n) is 28.5. The van der Waals surface area contributed by atoms with Crippen LogP contribution in [-0.4, -0.2) is 226 Å². The Hall–Kier alpha value is -12.9. The topological polar surface area (TPSA) is 509 Å². The number of thiazole rings is 2. The van der Waals surface area contributed by atoms with Crippen molar-refractivity contribution in [2.24, 2.45) is 5.92 Å². The minimum atomic E-state index is -1.05. The summed E-state index contributed by atoms with van der Waals surface area (Å²) in [5, 5.41) is 44.3. The molecular weight excluding hydrogens is 1650 g/mol. The highest BCUT2D eigenvalue weighted by atomic mass is 32.1. The number of hydrogen-bond acceptors (Lipinski definition) is 30. The number of imidazole rings is 3. The number of aromatic amines is 1. The van der Waals surface area contributed by atoms with E-state index >= 15 is 0 Å². The summed E-state index contributed by atoms with van der Waals surface area (Å²) in [5.74, 6) is -2.33. The van der Waals surface area contributed by atoms with Crippen molar-refractivity contribution in [2.75, 3.05) is 55.4 Å². The highest BCUT2D eigenvalue weighted by Crippen LogP contribution is 2.48. The molecule has 0 radical (unpaired) electrons. The van der Waals surface area contributed by atoms with Gasteiger partial charge in [0.2, 0.25) is 0 Å². The Morgan fingerprint density at radius 3 is 1.38 bits per heavy atom. The zero-order valence-electron chi connectivity index (χ0n) is 66.3. The minimum absolute atomic E-state index is 0.00132. The van der Waals surface area contributed by atoms with Crippen molar-refractivity contribution in [1.29, 1.82) is 0 Å². The van der Waals surface area contributed by atoms with Gasteiger partial charge >= 0.3 is 36.0 Å². The number of ether oxygens (including phenoxy) is 11. The smallest absolute Gasteiger partial charge is 0.347 e. The first kappa shape index (κ1) is 84.7. The number of benzene rings is 3. The van der Waals surface area contributed by atoms with Gasteiger partial charge in [0.25, 0.3) is 0 Å². The first-order valence-corrected chi connectivity index (χ1v) is 41.2. The maximum Gasteiger partial charge on any atom is 0.347 e. The number of carboxylic acids is 3. The van der Waals surface area contributed by atoms with Gasteiger partial charge in [0.05, 0.1) is 98.7 Å². The summed E-state index contributed by atoms with van der Waals surface area (Å²) in [6, 6.07) is 27.9. The summed E-state index contributed by atoms with van der Waals surface area (Å²) in [7, 11) is 0. The van der Waals surface area contributed by atoms with Crippen LogP contribution in [0.15, 0.2) is 165 Å². The fourth-order valence-corrected chi connectivity index (χ4v) is 16.4. The van der Waals surface area contributed by atoms with Crippen molar-refractivity contribution < 1.29 is 96.2 Å². The van der Waals surface area contributed by atoms with Gasteiger partial charge in [0.15, 0.2) is 82.3 Å². The summed E-state index contributed by atoms with van der Waals surface area (Å²) in [4.78, 5) is 121. The lowest BCUT2D eigenvalue weighted by atomic mass is 10.1. The van der Waals surface area contributed by atoms with Crippen molar-refractivity contribution in [3.63, 3.8) is 0 Å². The molecular formula is C81H83N21O20S2. The molecule has 124 heavy (non-hydrogen) atoms. The molecule has 12 aromatic rings. The van der Waals surface area contributed by atoms with E-state index in [1.807, 2.05) is 141 Å². The van der Waals surface area contributed by atoms with Gasteiger partial charge in [-0.05, 0) is 50.5 Å². The molecule has 5 saturated heterocycles. The van der Waals surface area contributed by atoms with Crippen LogP contribution in [0.2, 0.25) is 0 Å². The number of carboxylic acid groups (broad SMARTS) is 3. The number of H-pyrrole nitrogens is 1. The molecule has 644 valence electrons. The first-order chi connectivity index (χ1) is 60.6. The molecule has 18 rings (SSSR count). The zero-order valence-corrected chi connectivity index (χ0v) is 68.0. The number of urea groups is 3. The monoisotopic (exact) mass is 1730 g/mol. The van der Waals surface area contributed by atoms with Crippen molar-refractivity contribution in [2.45, 2.75) is 133 Å². The molecule has 1 aliphatic carbocycles. The summed E-state index contributed by atoms with van der Waals surface area (Å²) < 4.78 is 73.9. The summed E-state index contributed by atoms with van der Waals surface area (Å²) in [6.07, 6.45) is 13.2.